The maximum atomic E-state index is 14.0. The van der Waals surface area contributed by atoms with Crippen molar-refractivity contribution in [3.63, 3.8) is 0 Å². The largest absolute Gasteiger partial charge is 0.481 e. The van der Waals surface area contributed by atoms with E-state index in [1.807, 2.05) is 0 Å². The van der Waals surface area contributed by atoms with Crippen molar-refractivity contribution in [2.45, 2.75) is 68.9 Å². The number of amides is 5. The Labute approximate surface area is 307 Å². The van der Waals surface area contributed by atoms with E-state index in [0.717, 1.165) is 31.4 Å². The molecule has 2 heterocycles. The Morgan fingerprint density at radius 1 is 0.704 bits per heavy atom. The molecule has 17 heteroatoms. The number of carboxylic acid groups (broad SMARTS) is 1. The zero-order valence-electron chi connectivity index (χ0n) is 28.9. The molecule has 2 aliphatic heterocycles. The first-order chi connectivity index (χ1) is 25.6. The van der Waals surface area contributed by atoms with E-state index >= 15 is 0 Å². The molecule has 14 nitrogen and oxygen atoms in total. The van der Waals surface area contributed by atoms with Crippen LogP contribution in [0, 0.1) is 0 Å². The molecule has 2 bridgehead atoms. The molecule has 5 amide bonds. The second kappa shape index (κ2) is 18.5. The molecule has 54 heavy (non-hydrogen) atoms. The summed E-state index contributed by atoms with van der Waals surface area (Å²) in [5.41, 5.74) is 0.672. The number of hydrogen-bond donors (Lipinski definition) is 6. The molecule has 3 aromatic rings. The lowest BCUT2D eigenvalue weighted by Crippen LogP contribution is -2.59. The summed E-state index contributed by atoms with van der Waals surface area (Å²) in [7, 11) is 1.13. The van der Waals surface area contributed by atoms with Crippen LogP contribution in [-0.2, 0) is 63.7 Å². The maximum absolute atomic E-state index is 14.0. The van der Waals surface area contributed by atoms with E-state index < -0.39 is 96.6 Å². The Morgan fingerprint density at radius 2 is 1.24 bits per heavy atom. The molecule has 0 aliphatic carbocycles. The van der Waals surface area contributed by atoms with Gasteiger partial charge in [-0.05, 0) is 41.0 Å². The van der Waals surface area contributed by atoms with Gasteiger partial charge in [0.25, 0.3) is 0 Å². The van der Waals surface area contributed by atoms with E-state index in [1.165, 1.54) is 12.1 Å². The minimum absolute atomic E-state index is 0.0591. The fourth-order valence-corrected chi connectivity index (χ4v) is 5.55. The fourth-order valence-electron chi connectivity index (χ4n) is 5.55. The number of aliphatic carboxylic acids is 1. The molecule has 286 valence electrons. The van der Waals surface area contributed by atoms with Gasteiger partial charge in [0.05, 0.1) is 19.1 Å². The molecular formula is C37H38F3N5O9. The number of methoxy groups -OCH3 is 1. The number of rotatable bonds is 7. The van der Waals surface area contributed by atoms with Gasteiger partial charge in [-0.25, -0.2) is 4.79 Å². The second-order valence-corrected chi connectivity index (χ2v) is 12.5. The molecule has 0 saturated carbocycles. The van der Waals surface area contributed by atoms with Gasteiger partial charge in [0, 0.05) is 37.8 Å². The number of carbonyl (C=O) groups is 7. The summed E-state index contributed by atoms with van der Waals surface area (Å²) >= 11 is 0. The van der Waals surface area contributed by atoms with Crippen molar-refractivity contribution in [3.8, 4) is 0 Å². The second-order valence-electron chi connectivity index (χ2n) is 12.5. The van der Waals surface area contributed by atoms with Crippen LogP contribution in [0.1, 0.15) is 41.5 Å². The zero-order valence-corrected chi connectivity index (χ0v) is 28.9. The van der Waals surface area contributed by atoms with Crippen molar-refractivity contribution >= 4 is 47.2 Å². The van der Waals surface area contributed by atoms with Gasteiger partial charge in [-0.3, -0.25) is 28.8 Å². The van der Waals surface area contributed by atoms with E-state index in [0.29, 0.717) is 16.8 Å². The van der Waals surface area contributed by atoms with Crippen molar-refractivity contribution < 1.29 is 56.6 Å². The highest BCUT2D eigenvalue weighted by Gasteiger charge is 2.34. The van der Waals surface area contributed by atoms with E-state index in [9.17, 15) is 51.8 Å². The number of carboxylic acids is 1. The number of carbonyl (C=O) groups excluding carboxylic acids is 6. The quantitative estimate of drug-likeness (QED) is 0.154. The number of nitrogens with one attached hydrogen (secondary N) is 5. The lowest BCUT2D eigenvalue weighted by atomic mass is 10.00. The molecular weight excluding hydrogens is 715 g/mol. The minimum Gasteiger partial charge on any atom is -0.481 e. The molecule has 0 aromatic heterocycles. The van der Waals surface area contributed by atoms with Gasteiger partial charge in [0.15, 0.2) is 0 Å². The number of benzene rings is 3. The average molecular weight is 754 g/mol. The predicted molar refractivity (Wildman–Crippen MR) is 185 cm³/mol. The van der Waals surface area contributed by atoms with Gasteiger partial charge in [0.1, 0.15) is 24.2 Å². The minimum atomic E-state index is -4.66. The number of halogens is 3. The Balaban J connectivity index is 1.74. The lowest BCUT2D eigenvalue weighted by Gasteiger charge is -2.26. The van der Waals surface area contributed by atoms with Crippen LogP contribution < -0.4 is 26.6 Å². The van der Waals surface area contributed by atoms with Crippen LogP contribution in [0.25, 0.3) is 0 Å². The first-order valence-corrected chi connectivity index (χ1v) is 16.7. The molecule has 4 atom stereocenters. The van der Waals surface area contributed by atoms with Gasteiger partial charge in [-0.1, -0.05) is 54.6 Å². The zero-order chi connectivity index (χ0) is 39.4. The monoisotopic (exact) mass is 753 g/mol. The molecule has 6 N–H and O–H groups in total. The molecule has 2 aliphatic rings. The van der Waals surface area contributed by atoms with Crippen LogP contribution in [0.4, 0.5) is 18.9 Å². The van der Waals surface area contributed by atoms with E-state index in [1.54, 1.807) is 42.5 Å². The van der Waals surface area contributed by atoms with Crippen LogP contribution in [0.2, 0.25) is 0 Å². The number of fused-ring (bicyclic) bond motifs is 18. The maximum Gasteiger partial charge on any atom is 0.416 e. The van der Waals surface area contributed by atoms with Crippen LogP contribution in [0.15, 0.2) is 78.9 Å². The number of ether oxygens (including phenoxy) is 1. The highest BCUT2D eigenvalue weighted by molar-refractivity contribution is 5.97. The van der Waals surface area contributed by atoms with Gasteiger partial charge in [0.2, 0.25) is 29.5 Å². The van der Waals surface area contributed by atoms with Gasteiger partial charge < -0.3 is 36.4 Å². The van der Waals surface area contributed by atoms with Gasteiger partial charge >= 0.3 is 18.1 Å². The number of esters is 1. The molecule has 3 aromatic carbocycles. The lowest BCUT2D eigenvalue weighted by molar-refractivity contribution is -0.145. The number of anilines is 1. The molecule has 0 radical (unpaired) electrons. The average Bonchev–Trinajstić information content (AvgIpc) is 3.13. The first-order valence-electron chi connectivity index (χ1n) is 16.7. The van der Waals surface area contributed by atoms with Crippen LogP contribution in [-0.4, -0.2) is 77.9 Å². The topological polar surface area (TPSA) is 209 Å². The standard InChI is InChI=1S/C37H38F3N5O9/c1-54-36(53)29-19-23-9-13-25(14-10-23)41-30(46)15-16-31(47)42-28(20-32(48)49)35(52)44-27(18-22-7-11-24(12-8-22)37(38,39)40)33(50)43-26(34(51)45-29)17-21-5-3-2-4-6-21/h2-14,26-29H,15-20H2,1H3,(H,41,46)(H,42,47)(H,43,50)(H,44,52)(H,45,51)(H,48,49)/t26-,27+,28-,29+/m1/s1. The Morgan fingerprint density at radius 3 is 1.80 bits per heavy atom. The smallest absolute Gasteiger partial charge is 0.416 e. The predicted octanol–water partition coefficient (Wildman–Crippen LogP) is 2.05. The van der Waals surface area contributed by atoms with E-state index in [4.69, 9.17) is 4.74 Å². The summed E-state index contributed by atoms with van der Waals surface area (Å²) in [4.78, 5) is 91.4. The molecule has 0 saturated heterocycles. The highest BCUT2D eigenvalue weighted by Crippen LogP contribution is 2.29. The van der Waals surface area contributed by atoms with Crippen molar-refractivity contribution in [1.29, 1.82) is 0 Å². The summed E-state index contributed by atoms with van der Waals surface area (Å²) in [6, 6.07) is 12.5. The van der Waals surface area contributed by atoms with Crippen LogP contribution in [0.5, 0.6) is 0 Å². The fraction of sp³-hybridized carbons (Fsp3) is 0.324. The molecule has 5 rings (SSSR count). The van der Waals surface area contributed by atoms with Crippen molar-refractivity contribution in [2.24, 2.45) is 0 Å². The third-order valence-electron chi connectivity index (χ3n) is 8.36. The van der Waals surface area contributed by atoms with Crippen molar-refractivity contribution in [1.82, 2.24) is 21.3 Å². The number of hydrogen-bond acceptors (Lipinski definition) is 8. The Kier molecular flexibility index (Phi) is 13.9. The molecule has 0 spiro atoms. The molecule has 0 unspecified atom stereocenters. The van der Waals surface area contributed by atoms with Gasteiger partial charge in [-0.2, -0.15) is 13.2 Å². The Bertz CT molecular complexity index is 1840. The van der Waals surface area contributed by atoms with Crippen LogP contribution >= 0.6 is 0 Å². The Hall–Kier alpha value is -6.26. The third kappa shape index (κ3) is 12.2. The highest BCUT2D eigenvalue weighted by atomic mass is 19.4. The SMILES string of the molecule is COC(=O)[C@@H]1Cc2ccc(cc2)NC(=O)CCC(=O)N[C@H](CC(=O)O)C(=O)N[C@@H](Cc2ccc(C(F)(F)F)cc2)C(=O)N[C@H](Cc2ccccc2)C(=O)N1. The first kappa shape index (κ1) is 40.5. The van der Waals surface area contributed by atoms with E-state index in [2.05, 4.69) is 26.6 Å². The van der Waals surface area contributed by atoms with Crippen LogP contribution in [0.3, 0.4) is 0 Å². The summed E-state index contributed by atoms with van der Waals surface area (Å²) in [6.45, 7) is 0. The summed E-state index contributed by atoms with van der Waals surface area (Å²) < 4.78 is 44.7. The third-order valence-corrected chi connectivity index (χ3v) is 8.36. The molecule has 0 fully saturated rings. The normalized spacial score (nSPS) is 20.6. The number of alkyl halides is 3. The summed E-state index contributed by atoms with van der Waals surface area (Å²) in [6.07, 6.45) is -6.99. The summed E-state index contributed by atoms with van der Waals surface area (Å²) in [5.74, 6) is -6.70. The van der Waals surface area contributed by atoms with Crippen molar-refractivity contribution in [3.05, 3.63) is 101 Å². The van der Waals surface area contributed by atoms with E-state index in [-0.39, 0.29) is 24.8 Å². The van der Waals surface area contributed by atoms with Gasteiger partial charge in [-0.15, -0.1) is 0 Å². The van der Waals surface area contributed by atoms with Crippen molar-refractivity contribution in [2.75, 3.05) is 12.4 Å². The summed E-state index contributed by atoms with van der Waals surface area (Å²) in [5, 5.41) is 21.9.